The Labute approximate surface area is 109 Å². The first-order valence-corrected chi connectivity index (χ1v) is 7.24. The standard InChI is InChI=1S/C15H20ClN/c16-13-8-11-4-3-6-15(11)12(9-13)10-14-5-1-2-7-17-14/h8-9,14,17H,1-7,10H2. The van der Waals surface area contributed by atoms with Crippen molar-refractivity contribution in [2.24, 2.45) is 0 Å². The van der Waals surface area contributed by atoms with Crippen LogP contribution in [0.2, 0.25) is 5.02 Å². The Hall–Kier alpha value is -0.530. The zero-order valence-electron chi connectivity index (χ0n) is 10.3. The first kappa shape index (κ1) is 11.6. The zero-order valence-corrected chi connectivity index (χ0v) is 11.0. The van der Waals surface area contributed by atoms with Crippen molar-refractivity contribution in [3.05, 3.63) is 33.8 Å². The van der Waals surface area contributed by atoms with E-state index in [1.165, 1.54) is 62.6 Å². The van der Waals surface area contributed by atoms with Crippen molar-refractivity contribution in [1.29, 1.82) is 0 Å². The van der Waals surface area contributed by atoms with E-state index in [0.29, 0.717) is 6.04 Å². The number of benzene rings is 1. The van der Waals surface area contributed by atoms with Gasteiger partial charge in [0.1, 0.15) is 0 Å². The predicted molar refractivity (Wildman–Crippen MR) is 72.8 cm³/mol. The van der Waals surface area contributed by atoms with E-state index >= 15 is 0 Å². The largest absolute Gasteiger partial charge is 0.314 e. The number of halogens is 1. The van der Waals surface area contributed by atoms with Gasteiger partial charge in [-0.1, -0.05) is 18.0 Å². The topological polar surface area (TPSA) is 12.0 Å². The van der Waals surface area contributed by atoms with Crippen LogP contribution in [-0.4, -0.2) is 12.6 Å². The normalized spacial score (nSPS) is 23.7. The molecule has 1 aliphatic carbocycles. The molecule has 1 fully saturated rings. The van der Waals surface area contributed by atoms with Crippen molar-refractivity contribution in [2.75, 3.05) is 6.54 Å². The van der Waals surface area contributed by atoms with E-state index in [0.717, 1.165) is 5.02 Å². The molecular formula is C15H20ClN. The highest BCUT2D eigenvalue weighted by atomic mass is 35.5. The summed E-state index contributed by atoms with van der Waals surface area (Å²) in [6, 6.07) is 5.04. The van der Waals surface area contributed by atoms with Crippen LogP contribution < -0.4 is 5.32 Å². The van der Waals surface area contributed by atoms with Gasteiger partial charge in [0, 0.05) is 11.1 Å². The molecule has 2 heteroatoms. The Morgan fingerprint density at radius 2 is 2.12 bits per heavy atom. The fourth-order valence-corrected chi connectivity index (χ4v) is 3.56. The first-order chi connectivity index (χ1) is 8.33. The molecule has 17 heavy (non-hydrogen) atoms. The molecule has 3 rings (SSSR count). The Morgan fingerprint density at radius 3 is 2.94 bits per heavy atom. The number of rotatable bonds is 2. The summed E-state index contributed by atoms with van der Waals surface area (Å²) in [5.74, 6) is 0. The Morgan fingerprint density at radius 1 is 1.18 bits per heavy atom. The maximum atomic E-state index is 6.23. The molecule has 1 unspecified atom stereocenters. The van der Waals surface area contributed by atoms with Gasteiger partial charge in [0.15, 0.2) is 0 Å². The molecule has 1 atom stereocenters. The van der Waals surface area contributed by atoms with Crippen LogP contribution in [0.25, 0.3) is 0 Å². The van der Waals surface area contributed by atoms with Crippen molar-refractivity contribution in [2.45, 2.75) is 51.0 Å². The number of hydrogen-bond acceptors (Lipinski definition) is 1. The Bertz CT molecular complexity index is 408. The van der Waals surface area contributed by atoms with Crippen LogP contribution in [0.1, 0.15) is 42.4 Å². The van der Waals surface area contributed by atoms with E-state index in [1.54, 1.807) is 5.56 Å². The van der Waals surface area contributed by atoms with Crippen LogP contribution >= 0.6 is 11.6 Å². The molecule has 1 N–H and O–H groups in total. The minimum absolute atomic E-state index is 0.673. The quantitative estimate of drug-likeness (QED) is 0.846. The van der Waals surface area contributed by atoms with Crippen LogP contribution in [0, 0.1) is 0 Å². The number of hydrogen-bond donors (Lipinski definition) is 1. The van der Waals surface area contributed by atoms with Gasteiger partial charge in [0.2, 0.25) is 0 Å². The van der Waals surface area contributed by atoms with Crippen LogP contribution in [0.4, 0.5) is 0 Å². The highest BCUT2D eigenvalue weighted by molar-refractivity contribution is 6.30. The van der Waals surface area contributed by atoms with Gasteiger partial charge < -0.3 is 5.32 Å². The van der Waals surface area contributed by atoms with E-state index < -0.39 is 0 Å². The van der Waals surface area contributed by atoms with Gasteiger partial charge in [0.05, 0.1) is 0 Å². The second kappa shape index (κ2) is 4.99. The summed E-state index contributed by atoms with van der Waals surface area (Å²) in [7, 11) is 0. The highest BCUT2D eigenvalue weighted by Gasteiger charge is 2.19. The molecule has 0 spiro atoms. The lowest BCUT2D eigenvalue weighted by atomic mass is 9.93. The van der Waals surface area contributed by atoms with Gasteiger partial charge in [-0.15, -0.1) is 0 Å². The van der Waals surface area contributed by atoms with E-state index in [1.807, 2.05) is 0 Å². The smallest absolute Gasteiger partial charge is 0.0411 e. The maximum Gasteiger partial charge on any atom is 0.0411 e. The fraction of sp³-hybridized carbons (Fsp3) is 0.600. The molecule has 1 saturated heterocycles. The molecule has 0 bridgehead atoms. The molecule has 2 aliphatic rings. The monoisotopic (exact) mass is 249 g/mol. The van der Waals surface area contributed by atoms with Gasteiger partial charge in [0.25, 0.3) is 0 Å². The third kappa shape index (κ3) is 2.51. The molecule has 0 radical (unpaired) electrons. The number of fused-ring (bicyclic) bond motifs is 1. The lowest BCUT2D eigenvalue weighted by Gasteiger charge is -2.24. The van der Waals surface area contributed by atoms with Crippen LogP contribution in [0.3, 0.4) is 0 Å². The third-order valence-electron chi connectivity index (χ3n) is 4.15. The summed E-state index contributed by atoms with van der Waals surface area (Å²) < 4.78 is 0. The van der Waals surface area contributed by atoms with Crippen LogP contribution in [0.5, 0.6) is 0 Å². The molecule has 0 amide bonds. The Kier molecular flexibility index (Phi) is 3.39. The first-order valence-electron chi connectivity index (χ1n) is 6.86. The molecular weight excluding hydrogens is 230 g/mol. The molecule has 1 aromatic rings. The average Bonchev–Trinajstić information content (AvgIpc) is 2.78. The fourth-order valence-electron chi connectivity index (χ4n) is 3.30. The van der Waals surface area contributed by atoms with Crippen molar-refractivity contribution >= 4 is 11.6 Å². The second-order valence-electron chi connectivity index (χ2n) is 5.41. The van der Waals surface area contributed by atoms with Gasteiger partial charge in [-0.2, -0.15) is 0 Å². The number of piperidine rings is 1. The summed E-state index contributed by atoms with van der Waals surface area (Å²) in [5, 5.41) is 4.56. The van der Waals surface area contributed by atoms with E-state index in [-0.39, 0.29) is 0 Å². The third-order valence-corrected chi connectivity index (χ3v) is 4.37. The summed E-state index contributed by atoms with van der Waals surface area (Å²) in [4.78, 5) is 0. The minimum atomic E-state index is 0.673. The highest BCUT2D eigenvalue weighted by Crippen LogP contribution is 2.30. The van der Waals surface area contributed by atoms with Gasteiger partial charge in [-0.3, -0.25) is 0 Å². The van der Waals surface area contributed by atoms with Crippen molar-refractivity contribution < 1.29 is 0 Å². The molecule has 0 aromatic heterocycles. The van der Waals surface area contributed by atoms with Gasteiger partial charge >= 0.3 is 0 Å². The average molecular weight is 250 g/mol. The molecule has 92 valence electrons. The molecule has 1 aliphatic heterocycles. The molecule has 0 saturated carbocycles. The SMILES string of the molecule is Clc1cc2c(c(CC3CCCCN3)c1)CCC2. The summed E-state index contributed by atoms with van der Waals surface area (Å²) >= 11 is 6.23. The molecule has 1 nitrogen and oxygen atoms in total. The Balaban J connectivity index is 1.82. The van der Waals surface area contributed by atoms with E-state index in [9.17, 15) is 0 Å². The number of aryl methyl sites for hydroxylation is 1. The lowest BCUT2D eigenvalue weighted by molar-refractivity contribution is 0.399. The zero-order chi connectivity index (χ0) is 11.7. The number of nitrogens with one attached hydrogen (secondary N) is 1. The molecule has 1 heterocycles. The lowest BCUT2D eigenvalue weighted by Crippen LogP contribution is -2.35. The van der Waals surface area contributed by atoms with Crippen molar-refractivity contribution in [1.82, 2.24) is 5.32 Å². The van der Waals surface area contributed by atoms with Crippen molar-refractivity contribution in [3.8, 4) is 0 Å². The van der Waals surface area contributed by atoms with Crippen LogP contribution in [-0.2, 0) is 19.3 Å². The molecule has 1 aromatic carbocycles. The van der Waals surface area contributed by atoms with Gasteiger partial charge in [-0.25, -0.2) is 0 Å². The maximum absolute atomic E-state index is 6.23. The summed E-state index contributed by atoms with van der Waals surface area (Å²) in [6.45, 7) is 1.19. The van der Waals surface area contributed by atoms with E-state index in [4.69, 9.17) is 11.6 Å². The predicted octanol–water partition coefficient (Wildman–Crippen LogP) is 3.51. The van der Waals surface area contributed by atoms with Gasteiger partial charge in [-0.05, 0) is 73.9 Å². The van der Waals surface area contributed by atoms with Crippen molar-refractivity contribution in [3.63, 3.8) is 0 Å². The summed E-state index contributed by atoms with van der Waals surface area (Å²) in [6.07, 6.45) is 8.99. The summed E-state index contributed by atoms with van der Waals surface area (Å²) in [5.41, 5.74) is 4.61. The van der Waals surface area contributed by atoms with Crippen LogP contribution in [0.15, 0.2) is 12.1 Å². The minimum Gasteiger partial charge on any atom is -0.314 e. The second-order valence-corrected chi connectivity index (χ2v) is 5.84. The van der Waals surface area contributed by atoms with E-state index in [2.05, 4.69) is 17.4 Å².